The van der Waals surface area contributed by atoms with Crippen molar-refractivity contribution >= 4 is 37.2 Å². The minimum Gasteiger partial charge on any atom is -0.392 e. The Morgan fingerprint density at radius 2 is 1.37 bits per heavy atom. The van der Waals surface area contributed by atoms with Gasteiger partial charge in [0, 0.05) is 88.4 Å². The van der Waals surface area contributed by atoms with Crippen molar-refractivity contribution in [2.75, 3.05) is 24.7 Å². The van der Waals surface area contributed by atoms with Gasteiger partial charge in [-0.1, -0.05) is 87.7 Å². The van der Waals surface area contributed by atoms with Gasteiger partial charge < -0.3 is 29.7 Å². The fraction of sp³-hybridized carbons (Fsp3) is 0.347. The first kappa shape index (κ1) is 53.1. The smallest absolute Gasteiger partial charge is 0.258 e. The largest absolute Gasteiger partial charge is 0.392 e. The number of aliphatic hydroxyl groups excluding tert-OH is 1. The van der Waals surface area contributed by atoms with E-state index in [-0.39, 0.29) is 28.9 Å². The second kappa shape index (κ2) is 22.9. The molecule has 0 radical (unpaired) electrons. The topological polar surface area (TPSA) is 265 Å². The number of rotatable bonds is 10. The molecule has 0 saturated carbocycles. The second-order valence-corrected chi connectivity index (χ2v) is 24.3. The molecule has 0 fully saturated rings. The average Bonchev–Trinajstić information content (AvgIpc) is 4.09. The van der Waals surface area contributed by atoms with Crippen LogP contribution < -0.4 is 10.6 Å². The van der Waals surface area contributed by atoms with E-state index in [0.717, 1.165) is 28.8 Å². The highest BCUT2D eigenvalue weighted by atomic mass is 28.3. The molecule has 20 nitrogen and oxygen atoms in total. The van der Waals surface area contributed by atoms with Crippen molar-refractivity contribution in [2.24, 2.45) is 5.11 Å². The molecular formula is C49H59N15O5Si. The molecule has 2 amide bonds. The third kappa shape index (κ3) is 15.6. The van der Waals surface area contributed by atoms with Gasteiger partial charge in [0.15, 0.2) is 11.6 Å². The fourth-order valence-electron chi connectivity index (χ4n) is 5.92. The van der Waals surface area contributed by atoms with Gasteiger partial charge in [-0.2, -0.15) is 0 Å². The van der Waals surface area contributed by atoms with E-state index in [2.05, 4.69) is 97.2 Å². The van der Waals surface area contributed by atoms with E-state index in [1.54, 1.807) is 54.6 Å². The molecule has 0 bridgehead atoms. The van der Waals surface area contributed by atoms with Crippen LogP contribution in [0.1, 0.15) is 102 Å². The van der Waals surface area contributed by atoms with Crippen LogP contribution in [0.25, 0.3) is 27.4 Å². The number of amides is 2. The lowest BCUT2D eigenvalue weighted by atomic mass is 9.93. The summed E-state index contributed by atoms with van der Waals surface area (Å²) >= 11 is 0. The summed E-state index contributed by atoms with van der Waals surface area (Å²) in [6, 6.07) is 10.5. The Bertz CT molecular complexity index is 3050. The lowest BCUT2D eigenvalue weighted by Gasteiger charge is -2.12. The maximum absolute atomic E-state index is 12.8. The van der Waals surface area contributed by atoms with Crippen LogP contribution in [0.5, 0.6) is 0 Å². The van der Waals surface area contributed by atoms with Crippen LogP contribution >= 0.6 is 0 Å². The van der Waals surface area contributed by atoms with Crippen LogP contribution in [0.2, 0.25) is 19.6 Å². The lowest BCUT2D eigenvalue weighted by Crippen LogP contribution is -2.16. The summed E-state index contributed by atoms with van der Waals surface area (Å²) in [5, 5.41) is 34.1. The van der Waals surface area contributed by atoms with Gasteiger partial charge in [0.1, 0.15) is 25.3 Å². The number of aromatic nitrogens is 9. The molecule has 0 unspecified atom stereocenters. The van der Waals surface area contributed by atoms with Crippen LogP contribution in [0, 0.1) is 25.3 Å². The first-order chi connectivity index (χ1) is 32.9. The summed E-state index contributed by atoms with van der Waals surface area (Å²) in [6.45, 7) is 22.9. The number of aryl methyl sites for hydroxylation is 2. The van der Waals surface area contributed by atoms with Gasteiger partial charge in [0.25, 0.3) is 11.8 Å². The third-order valence-corrected chi connectivity index (χ3v) is 10.5. The predicted molar refractivity (Wildman–Crippen MR) is 269 cm³/mol. The van der Waals surface area contributed by atoms with Crippen molar-refractivity contribution in [3.8, 4) is 28.4 Å². The molecule has 364 valence electrons. The van der Waals surface area contributed by atoms with E-state index >= 15 is 0 Å². The number of hydrogen-bond acceptors (Lipinski definition) is 15. The zero-order chi connectivity index (χ0) is 51.4. The Morgan fingerprint density at radius 3 is 1.91 bits per heavy atom. The number of nitrogens with one attached hydrogen (secondary N) is 2. The highest BCUT2D eigenvalue weighted by molar-refractivity contribution is 6.83. The quantitative estimate of drug-likeness (QED) is 0.0379. The molecule has 0 aliphatic rings. The SMILES string of the molecule is C[Si](C)(C)C#Cc1cncc(CO)c1.Cc1ncc(C(=O)Nc2cc(C(C)(C)C)on2)cc1-n1cc(-c2cncc(CN(C)C)c2)nn1.Cc1ncc(C(=O)Nc2cc(C(C)(C)C)on2)cc1N=[N+]=[N-]. The number of nitrogens with zero attached hydrogens (tertiary/aromatic N) is 13. The van der Waals surface area contributed by atoms with Crippen molar-refractivity contribution in [1.29, 1.82) is 0 Å². The number of hydrogen-bond donors (Lipinski definition) is 3. The molecule has 21 heteroatoms. The zero-order valence-corrected chi connectivity index (χ0v) is 42.8. The summed E-state index contributed by atoms with van der Waals surface area (Å²) in [5.74, 6) is 4.37. The van der Waals surface area contributed by atoms with Crippen LogP contribution in [0.15, 0.2) is 93.9 Å². The number of azide groups is 1. The van der Waals surface area contributed by atoms with E-state index in [4.69, 9.17) is 19.7 Å². The van der Waals surface area contributed by atoms with Gasteiger partial charge in [0.2, 0.25) is 0 Å². The maximum Gasteiger partial charge on any atom is 0.258 e. The molecule has 0 aliphatic heterocycles. The van der Waals surface area contributed by atoms with Crippen LogP contribution in [0.3, 0.4) is 0 Å². The highest BCUT2D eigenvalue weighted by Gasteiger charge is 2.23. The van der Waals surface area contributed by atoms with Crippen molar-refractivity contribution in [2.45, 2.75) is 99.0 Å². The van der Waals surface area contributed by atoms with E-state index in [1.165, 1.54) is 18.5 Å². The number of carbonyl (C=O) groups is 2. The maximum atomic E-state index is 12.8. The van der Waals surface area contributed by atoms with Crippen LogP contribution in [-0.4, -0.2) is 89.2 Å². The Balaban J connectivity index is 0.000000217. The van der Waals surface area contributed by atoms with Crippen LogP contribution in [-0.2, 0) is 24.0 Å². The average molecular weight is 966 g/mol. The molecule has 7 aromatic heterocycles. The molecule has 0 atom stereocenters. The molecule has 0 aliphatic carbocycles. The molecule has 0 spiro atoms. The minimum absolute atomic E-state index is 0.0233. The molecule has 0 aromatic carbocycles. The van der Waals surface area contributed by atoms with Gasteiger partial charge in [-0.05, 0) is 68.9 Å². The summed E-state index contributed by atoms with van der Waals surface area (Å²) in [7, 11) is 2.70. The van der Waals surface area contributed by atoms with E-state index in [1.807, 2.05) is 80.9 Å². The van der Waals surface area contributed by atoms with Crippen molar-refractivity contribution in [3.05, 3.63) is 141 Å². The van der Waals surface area contributed by atoms with Crippen molar-refractivity contribution < 1.29 is 23.7 Å². The number of carbonyl (C=O) groups excluding carboxylic acids is 2. The fourth-order valence-corrected chi connectivity index (χ4v) is 6.44. The minimum atomic E-state index is -1.32. The first-order valence-corrected chi connectivity index (χ1v) is 25.6. The summed E-state index contributed by atoms with van der Waals surface area (Å²) in [6.07, 6.45) is 11.7. The Morgan fingerprint density at radius 1 is 0.800 bits per heavy atom. The number of aliphatic hydroxyl groups is 1. The Labute approximate surface area is 408 Å². The van der Waals surface area contributed by atoms with Crippen LogP contribution in [0.4, 0.5) is 17.3 Å². The molecule has 7 heterocycles. The Kier molecular flexibility index (Phi) is 17.4. The summed E-state index contributed by atoms with van der Waals surface area (Å²) in [5.41, 5.74) is 18.5. The van der Waals surface area contributed by atoms with Crippen molar-refractivity contribution in [3.63, 3.8) is 0 Å². The molecule has 7 rings (SSSR count). The van der Waals surface area contributed by atoms with Gasteiger partial charge in [-0.25, -0.2) is 4.68 Å². The number of anilines is 2. The van der Waals surface area contributed by atoms with E-state index < -0.39 is 14.0 Å². The molecule has 3 N–H and O–H groups in total. The normalized spacial score (nSPS) is 11.2. The van der Waals surface area contributed by atoms with Crippen molar-refractivity contribution in [1.82, 2.24) is 50.1 Å². The van der Waals surface area contributed by atoms with Gasteiger partial charge >= 0.3 is 0 Å². The second-order valence-electron chi connectivity index (χ2n) is 19.5. The van der Waals surface area contributed by atoms with Gasteiger partial charge in [-0.15, -0.1) is 10.6 Å². The number of pyridine rings is 4. The predicted octanol–water partition coefficient (Wildman–Crippen LogP) is 9.30. The monoisotopic (exact) mass is 965 g/mol. The molecule has 70 heavy (non-hydrogen) atoms. The Hall–Kier alpha value is -7.89. The standard InChI is InChI=1S/C24H28N8O2.C14H16N6O2.C11H15NOSi/c1-15-20(32-14-19(28-30-32)17-7-16(10-25-11-17)13-31(5)6)8-18(12-26-15)23(33)27-22-9-21(34-29-22)24(2,3)4;1-8-10(18-20-15)5-9(7-16-8)13(21)17-12-6-11(22-19-12)14(2,3)4;1-14(2,3)5-4-10-6-11(9-13)8-12-7-10/h7-12,14H,13H2,1-6H3,(H,27,29,33);5-7H,1-4H3,(H,17,19,21);6-8,13H,9H2,1-3H3. The molecule has 7 aromatic rings. The van der Waals surface area contributed by atoms with E-state index in [9.17, 15) is 9.59 Å². The van der Waals surface area contributed by atoms with Gasteiger partial charge in [0.05, 0.1) is 41.0 Å². The molecule has 0 saturated heterocycles. The first-order valence-electron chi connectivity index (χ1n) is 22.1. The zero-order valence-electron chi connectivity index (χ0n) is 41.8. The summed E-state index contributed by atoms with van der Waals surface area (Å²) in [4.78, 5) is 46.5. The third-order valence-electron chi connectivity index (χ3n) is 9.67. The highest BCUT2D eigenvalue weighted by Crippen LogP contribution is 2.27. The van der Waals surface area contributed by atoms with Gasteiger partial charge in [-0.3, -0.25) is 29.5 Å². The molecular weight excluding hydrogens is 907 g/mol. The van der Waals surface area contributed by atoms with E-state index in [0.29, 0.717) is 57.2 Å². The summed E-state index contributed by atoms with van der Waals surface area (Å²) < 4.78 is 12.2. The lowest BCUT2D eigenvalue weighted by molar-refractivity contribution is 0.101.